The maximum absolute atomic E-state index is 12.8. The number of ether oxygens (including phenoxy) is 2. The number of amides is 8. The molecule has 11 aromatic rings. The number of benzene rings is 3. The van der Waals surface area contributed by atoms with E-state index in [1.165, 1.54) is 25.7 Å². The van der Waals surface area contributed by atoms with E-state index in [-0.39, 0.29) is 77.2 Å². The minimum atomic E-state index is -0.371. The minimum Gasteiger partial charge on any atom is -0.454 e. The molecule has 5 saturated carbocycles. The predicted octanol–water partition coefficient (Wildman–Crippen LogP) is 17.5. The van der Waals surface area contributed by atoms with Gasteiger partial charge >= 0.3 is 24.1 Å². The van der Waals surface area contributed by atoms with Crippen molar-refractivity contribution in [3.8, 4) is 34.6 Å². The van der Waals surface area contributed by atoms with Gasteiger partial charge in [-0.25, -0.2) is 59.0 Å². The first-order valence-corrected chi connectivity index (χ1v) is 47.6. The van der Waals surface area contributed by atoms with Gasteiger partial charge in [0.05, 0.1) is 112 Å². The van der Waals surface area contributed by atoms with Crippen LogP contribution in [0.2, 0.25) is 10.0 Å². The highest BCUT2D eigenvalue weighted by Gasteiger charge is 2.52. The lowest BCUT2D eigenvalue weighted by Crippen LogP contribution is -2.38. The molecular weight excluding hydrogens is 1810 g/mol. The third-order valence-electron chi connectivity index (χ3n) is 27.5. The molecule has 38 heteroatoms. The van der Waals surface area contributed by atoms with Crippen molar-refractivity contribution in [3.63, 3.8) is 0 Å². The van der Waals surface area contributed by atoms with Gasteiger partial charge in [-0.1, -0.05) is 108 Å². The molecule has 9 fully saturated rings. The molecule has 0 radical (unpaired) electrons. The molecule has 3 aromatic carbocycles. The molecule has 4 atom stereocenters. The molecular formula is C96H114BrCl2N29O6. The van der Waals surface area contributed by atoms with Gasteiger partial charge in [-0.2, -0.15) is 25.2 Å². The summed E-state index contributed by atoms with van der Waals surface area (Å²) in [6, 6.07) is 26.8. The molecule has 8 aromatic heterocycles. The number of carbonyl (C=O) groups is 4. The van der Waals surface area contributed by atoms with E-state index in [1.807, 2.05) is 114 Å². The first-order chi connectivity index (χ1) is 64.2. The van der Waals surface area contributed by atoms with Crippen LogP contribution in [0.3, 0.4) is 0 Å². The summed E-state index contributed by atoms with van der Waals surface area (Å²) in [5, 5.41) is 24.4. The van der Waals surface area contributed by atoms with Crippen LogP contribution < -0.4 is 50.3 Å². The molecule has 5 aliphatic carbocycles. The van der Waals surface area contributed by atoms with Crippen LogP contribution >= 0.6 is 39.1 Å². The van der Waals surface area contributed by atoms with Gasteiger partial charge in [0.25, 0.3) is 0 Å². The lowest BCUT2D eigenvalue weighted by molar-refractivity contribution is 0.174. The van der Waals surface area contributed by atoms with E-state index in [9.17, 15) is 24.4 Å². The Bertz CT molecular complexity index is 6240. The summed E-state index contributed by atoms with van der Waals surface area (Å²) in [4.78, 5) is 121. The topological polar surface area (TPSA) is 359 Å². The van der Waals surface area contributed by atoms with Crippen molar-refractivity contribution >= 4 is 110 Å². The van der Waals surface area contributed by atoms with E-state index in [2.05, 4.69) is 158 Å². The molecule has 13 heterocycles. The molecule has 35 nitrogen and oxygen atoms in total. The quantitative estimate of drug-likeness (QED) is 0.0436. The molecule has 8 amide bonds. The summed E-state index contributed by atoms with van der Waals surface area (Å²) in [5.74, 6) is 7.26. The van der Waals surface area contributed by atoms with Gasteiger partial charge < -0.3 is 68.6 Å². The van der Waals surface area contributed by atoms with Crippen molar-refractivity contribution < 1.29 is 28.7 Å². The van der Waals surface area contributed by atoms with Crippen LogP contribution in [-0.2, 0) is 22.2 Å². The van der Waals surface area contributed by atoms with Crippen LogP contribution in [-0.4, -0.2) is 207 Å². The maximum Gasteiger partial charge on any atom is 0.325 e. The number of carbonyl (C=O) groups excluding carboxylic acids is 4. The molecule has 21 rings (SSSR count). The van der Waals surface area contributed by atoms with Crippen LogP contribution in [0.1, 0.15) is 181 Å². The maximum atomic E-state index is 12.8. The van der Waals surface area contributed by atoms with Crippen LogP contribution in [0.25, 0.3) is 17.1 Å². The van der Waals surface area contributed by atoms with Crippen molar-refractivity contribution in [2.75, 3.05) is 102 Å². The summed E-state index contributed by atoms with van der Waals surface area (Å²) in [7, 11) is 7.31. The Morgan fingerprint density at radius 3 is 1.10 bits per heavy atom. The van der Waals surface area contributed by atoms with Crippen molar-refractivity contribution in [1.82, 2.24) is 97.7 Å². The number of nitrogens with one attached hydrogen (secondary N) is 4. The molecule has 0 bridgehead atoms. The van der Waals surface area contributed by atoms with Crippen molar-refractivity contribution in [2.24, 2.45) is 29.1 Å². The second-order valence-electron chi connectivity index (χ2n) is 39.2. The number of imidazole rings is 4. The molecule has 134 heavy (non-hydrogen) atoms. The molecule has 4 N–H and O–H groups in total. The van der Waals surface area contributed by atoms with E-state index in [1.54, 1.807) is 114 Å². The molecule has 4 saturated heterocycles. The number of halogens is 3. The largest absolute Gasteiger partial charge is 0.454 e. The third-order valence-corrected chi connectivity index (χ3v) is 28.4. The van der Waals surface area contributed by atoms with Crippen LogP contribution in [0.4, 0.5) is 66.2 Å². The highest BCUT2D eigenvalue weighted by atomic mass is 79.9. The fraction of sp³-hybridized carbons (Fsp3) is 0.469. The molecule has 10 aliphatic rings. The zero-order valence-corrected chi connectivity index (χ0v) is 81.0. The second kappa shape index (κ2) is 36.6. The average Bonchev–Trinajstić information content (AvgIpc) is 1.60. The molecule has 700 valence electrons. The van der Waals surface area contributed by atoms with Gasteiger partial charge in [0, 0.05) is 142 Å². The number of fused-ring (bicyclic) bond motifs is 1. The number of nitriles is 1. The lowest BCUT2D eigenvalue weighted by Gasteiger charge is -2.34. The summed E-state index contributed by atoms with van der Waals surface area (Å²) >= 11 is 15.9. The fourth-order valence-corrected chi connectivity index (χ4v) is 19.7. The number of hydrogen-bond acceptors (Lipinski definition) is 23. The van der Waals surface area contributed by atoms with E-state index < -0.39 is 0 Å². The lowest BCUT2D eigenvalue weighted by atomic mass is 9.75. The number of urea groups is 4. The van der Waals surface area contributed by atoms with Gasteiger partial charge in [-0.15, -0.1) is 0 Å². The number of hydrogen-bond donors (Lipinski definition) is 4. The Hall–Kier alpha value is -12.8. The van der Waals surface area contributed by atoms with Gasteiger partial charge in [0.2, 0.25) is 30.6 Å². The van der Waals surface area contributed by atoms with Crippen molar-refractivity contribution in [2.45, 2.75) is 199 Å². The predicted molar refractivity (Wildman–Crippen MR) is 516 cm³/mol. The zero-order valence-electron chi connectivity index (χ0n) is 77.9. The average molecular weight is 1920 g/mol. The SMILES string of the molecule is CC(C)[C@H]1CN(C)C(=O)N1c1ccnc(NC2(c3cn(-c4cc(Cl)cc(Br)c4)cn3)CC2)n1.CC(C)[C@H]1CN(C)C(=O)N1c1ccnc(NC2(c3cn(-c4cc(Cl)cc(C#N)c4)cn3)CC2)n1.CC(C)[C@H]1CN(C)C(=O)N1c1ccnc(NC2(c3cn(-c4ccc5c(c4)OCO5)cn3)CC2)n1.CC(C)[C@H]1CN(C)C(=O)N1c1ccnc(NC2(c3cn(C4CCC(C)(C)CC4)cn3)CC2)n1. The standard InChI is InChI=1S/C25H37N7O.C24H25ClN8O.C24H27N7O3.C23H25BrClN7O/c1-17(2)19-14-30(5)23(33)32(19)21-8-13-26-22(28-21)29-25(11-12-25)20-15-31(16-27-20)18-6-9-24(3,4)10-7-18;1-15(2)19-12-31(3)23(34)33(19)21-4-7-27-22(29-21)30-24(5-6-24)20-13-32(14-28-20)18-9-16(11-26)8-17(25)10-18;1-15(2)17-11-29(3)23(32)31(17)21-6-9-25-22(27-21)28-24(7-8-24)20-12-30(13-26-20)16-4-5-18-19(10-16)34-14-33-18;1-14(2)18-11-30(3)22(33)32(18)20-4-7-26-21(28-20)29-23(5-6-23)19-12-31(13-27-19)17-9-15(24)8-16(25)10-17/h8,13,15-19H,6-7,9-12,14H2,1-5H3,(H,26,28,29);4,7-10,13-15,19H,5-6,12H2,1-3H3,(H,27,29,30);4-6,9-10,12-13,15,17H,7-8,11,14H2,1-3H3,(H,25,27,28);4,7-10,12-14,18H,5-6,11H2,1-3H3,(H,26,28,29)/t2*19-;17-;18-/m1111/s1. The second-order valence-corrected chi connectivity index (χ2v) is 41.0. The summed E-state index contributed by atoms with van der Waals surface area (Å²) < 4.78 is 19.9. The van der Waals surface area contributed by atoms with Gasteiger partial charge in [0.15, 0.2) is 11.5 Å². The Morgan fingerprint density at radius 1 is 0.410 bits per heavy atom. The Balaban J connectivity index is 0.000000119. The van der Waals surface area contributed by atoms with E-state index in [0.717, 1.165) is 107 Å². The monoisotopic (exact) mass is 1920 g/mol. The first-order valence-electron chi connectivity index (χ1n) is 46.0. The summed E-state index contributed by atoms with van der Waals surface area (Å²) in [6.45, 7) is 24.8. The van der Waals surface area contributed by atoms with Crippen LogP contribution in [0, 0.1) is 40.4 Å². The number of anilines is 8. The van der Waals surface area contributed by atoms with E-state index in [4.69, 9.17) is 57.6 Å². The smallest absolute Gasteiger partial charge is 0.325 e. The Kier molecular flexibility index (Phi) is 25.0. The minimum absolute atomic E-state index is 0.00566. The number of nitrogens with zero attached hydrogens (tertiary/aromatic N) is 25. The number of rotatable bonds is 24. The molecule has 5 aliphatic heterocycles. The zero-order chi connectivity index (χ0) is 94.2. The normalized spacial score (nSPS) is 20.8. The van der Waals surface area contributed by atoms with E-state index >= 15 is 0 Å². The van der Waals surface area contributed by atoms with E-state index in [0.29, 0.717) is 124 Å². The molecule has 0 spiro atoms. The summed E-state index contributed by atoms with van der Waals surface area (Å²) in [5.41, 5.74) is 6.17. The first kappa shape index (κ1) is 91.7. The highest BCUT2D eigenvalue weighted by Crippen LogP contribution is 2.52. The fourth-order valence-electron chi connectivity index (χ4n) is 18.6. The molecule has 0 unspecified atom stereocenters. The van der Waals surface area contributed by atoms with Crippen molar-refractivity contribution in [1.29, 1.82) is 5.26 Å². The van der Waals surface area contributed by atoms with Crippen LogP contribution in [0.5, 0.6) is 11.5 Å². The van der Waals surface area contributed by atoms with Crippen molar-refractivity contribution in [3.05, 3.63) is 197 Å². The van der Waals surface area contributed by atoms with Gasteiger partial charge in [0.1, 0.15) is 23.3 Å². The Labute approximate surface area is 798 Å². The number of aromatic nitrogens is 16. The number of likely N-dealkylation sites (N-methyl/N-ethyl adjacent to an activating group) is 4. The Morgan fingerprint density at radius 2 is 0.746 bits per heavy atom. The van der Waals surface area contributed by atoms with Gasteiger partial charge in [-0.05, 0) is 179 Å². The highest BCUT2D eigenvalue weighted by molar-refractivity contribution is 9.10. The van der Waals surface area contributed by atoms with Crippen LogP contribution in [0.15, 0.2) is 158 Å². The third kappa shape index (κ3) is 19.0. The van der Waals surface area contributed by atoms with Gasteiger partial charge in [-0.3, -0.25) is 19.6 Å². The summed E-state index contributed by atoms with van der Waals surface area (Å²) in [6.07, 6.45) is 34.8.